The molecule has 2 aliphatic heterocycles. The number of aromatic nitrogens is 1. The summed E-state index contributed by atoms with van der Waals surface area (Å²) in [6.45, 7) is 8.33. The summed E-state index contributed by atoms with van der Waals surface area (Å²) in [4.78, 5) is 4.88. The van der Waals surface area contributed by atoms with E-state index in [4.69, 9.17) is 14.5 Å². The SMILES string of the molecule is CC(OCc1ccccc1B(O)O)C1(C)CNc2nc(CCCCO[C@@H]3CCNC3)ccc2C1. The molecule has 3 atom stereocenters. The first kappa shape index (κ1) is 25.1. The normalized spacial score (nSPS) is 22.8. The molecule has 1 aromatic heterocycles. The van der Waals surface area contributed by atoms with Crippen LogP contribution in [0, 0.1) is 5.41 Å². The Kier molecular flexibility index (Phi) is 8.61. The molecule has 34 heavy (non-hydrogen) atoms. The van der Waals surface area contributed by atoms with Crippen molar-refractivity contribution in [1.29, 1.82) is 0 Å². The molecule has 0 spiro atoms. The van der Waals surface area contributed by atoms with Gasteiger partial charge in [-0.05, 0) is 68.2 Å². The molecule has 1 fully saturated rings. The van der Waals surface area contributed by atoms with Gasteiger partial charge in [-0.2, -0.15) is 0 Å². The van der Waals surface area contributed by atoms with E-state index in [9.17, 15) is 10.0 Å². The largest absolute Gasteiger partial charge is 0.488 e. The van der Waals surface area contributed by atoms with Gasteiger partial charge in [-0.15, -0.1) is 0 Å². The van der Waals surface area contributed by atoms with E-state index >= 15 is 0 Å². The molecule has 2 unspecified atom stereocenters. The summed E-state index contributed by atoms with van der Waals surface area (Å²) in [5.41, 5.74) is 3.55. The van der Waals surface area contributed by atoms with Gasteiger partial charge in [0.25, 0.3) is 0 Å². The third-order valence-corrected chi connectivity index (χ3v) is 7.29. The highest BCUT2D eigenvalue weighted by Crippen LogP contribution is 2.36. The Morgan fingerprint density at radius 2 is 2.06 bits per heavy atom. The van der Waals surface area contributed by atoms with Crippen LogP contribution in [0.3, 0.4) is 0 Å². The second-order valence-corrected chi connectivity index (χ2v) is 9.96. The van der Waals surface area contributed by atoms with Gasteiger partial charge in [-0.3, -0.25) is 0 Å². The highest BCUT2D eigenvalue weighted by atomic mass is 16.5. The minimum Gasteiger partial charge on any atom is -0.423 e. The smallest absolute Gasteiger partial charge is 0.423 e. The molecule has 4 rings (SSSR count). The van der Waals surface area contributed by atoms with Gasteiger partial charge < -0.3 is 30.2 Å². The maximum absolute atomic E-state index is 9.60. The molecule has 0 amide bonds. The van der Waals surface area contributed by atoms with Crippen LogP contribution in [0.1, 0.15) is 49.9 Å². The zero-order valence-corrected chi connectivity index (χ0v) is 20.4. The summed E-state index contributed by atoms with van der Waals surface area (Å²) in [5, 5.41) is 26.1. The molecule has 0 saturated carbocycles. The topological polar surface area (TPSA) is 95.9 Å². The Hall–Kier alpha value is -1.97. The van der Waals surface area contributed by atoms with Crippen LogP contribution in [-0.4, -0.2) is 60.6 Å². The summed E-state index contributed by atoms with van der Waals surface area (Å²) >= 11 is 0. The zero-order chi connectivity index (χ0) is 24.0. The first-order valence-corrected chi connectivity index (χ1v) is 12.6. The second-order valence-electron chi connectivity index (χ2n) is 9.96. The van der Waals surface area contributed by atoms with Gasteiger partial charge >= 0.3 is 7.12 Å². The molecule has 4 N–H and O–H groups in total. The molecule has 3 heterocycles. The lowest BCUT2D eigenvalue weighted by atomic mass is 9.76. The number of anilines is 1. The van der Waals surface area contributed by atoms with E-state index in [0.29, 0.717) is 18.2 Å². The van der Waals surface area contributed by atoms with Crippen molar-refractivity contribution in [2.45, 2.75) is 64.8 Å². The zero-order valence-electron chi connectivity index (χ0n) is 20.4. The van der Waals surface area contributed by atoms with Gasteiger partial charge in [0, 0.05) is 30.8 Å². The standard InChI is InChI=1S/C26H38BN3O4/c1-19(34-17-21-7-3-4-9-24(21)27(31)32)26(2)15-20-10-11-22(30-25(20)29-18-26)8-5-6-14-33-23-12-13-28-16-23/h3-4,7,9-11,19,23,28,31-32H,5-6,8,12-18H2,1-2H3,(H,29,30)/t19?,23-,26?/m1/s1. The van der Waals surface area contributed by atoms with Crippen molar-refractivity contribution in [3.8, 4) is 0 Å². The molecule has 184 valence electrons. The summed E-state index contributed by atoms with van der Waals surface area (Å²) in [7, 11) is -1.49. The number of pyridine rings is 1. The van der Waals surface area contributed by atoms with Gasteiger partial charge in [-0.1, -0.05) is 37.3 Å². The highest BCUT2D eigenvalue weighted by Gasteiger charge is 2.36. The Labute approximate surface area is 203 Å². The van der Waals surface area contributed by atoms with Crippen molar-refractivity contribution in [1.82, 2.24) is 10.3 Å². The number of hydrogen-bond donors (Lipinski definition) is 4. The van der Waals surface area contributed by atoms with Crippen LogP contribution in [-0.2, 0) is 28.9 Å². The van der Waals surface area contributed by atoms with Crippen molar-refractivity contribution in [3.63, 3.8) is 0 Å². The fourth-order valence-electron chi connectivity index (χ4n) is 4.80. The van der Waals surface area contributed by atoms with Gasteiger partial charge in [-0.25, -0.2) is 4.98 Å². The van der Waals surface area contributed by atoms with Crippen molar-refractivity contribution in [2.24, 2.45) is 5.41 Å². The van der Waals surface area contributed by atoms with Gasteiger partial charge in [0.15, 0.2) is 0 Å². The lowest BCUT2D eigenvalue weighted by Crippen LogP contribution is -2.44. The number of ether oxygens (including phenoxy) is 2. The highest BCUT2D eigenvalue weighted by molar-refractivity contribution is 6.59. The van der Waals surface area contributed by atoms with E-state index in [1.165, 1.54) is 5.56 Å². The minimum absolute atomic E-state index is 0.0215. The molecule has 0 bridgehead atoms. The number of fused-ring (bicyclic) bond motifs is 1. The van der Waals surface area contributed by atoms with Crippen molar-refractivity contribution in [3.05, 3.63) is 53.2 Å². The number of nitrogens with zero attached hydrogens (tertiary/aromatic N) is 1. The molecule has 0 aliphatic carbocycles. The lowest BCUT2D eigenvalue weighted by Gasteiger charge is -2.40. The number of aryl methyl sites for hydroxylation is 1. The average molecular weight is 467 g/mol. The molecule has 2 aromatic rings. The van der Waals surface area contributed by atoms with E-state index < -0.39 is 7.12 Å². The molecule has 1 aromatic carbocycles. The fraction of sp³-hybridized carbons (Fsp3) is 0.577. The third-order valence-electron chi connectivity index (χ3n) is 7.29. The summed E-state index contributed by atoms with van der Waals surface area (Å²) < 4.78 is 12.1. The molecule has 1 saturated heterocycles. The Balaban J connectivity index is 1.26. The predicted molar refractivity (Wildman–Crippen MR) is 135 cm³/mol. The van der Waals surface area contributed by atoms with Crippen LogP contribution in [0.15, 0.2) is 36.4 Å². The van der Waals surface area contributed by atoms with Crippen LogP contribution >= 0.6 is 0 Å². The van der Waals surface area contributed by atoms with E-state index in [2.05, 4.69) is 36.6 Å². The quantitative estimate of drug-likeness (QED) is 0.297. The Bertz CT molecular complexity index is 938. The van der Waals surface area contributed by atoms with Crippen LogP contribution in [0.25, 0.3) is 0 Å². The van der Waals surface area contributed by atoms with Crippen molar-refractivity contribution < 1.29 is 19.5 Å². The molecular weight excluding hydrogens is 429 g/mol. The van der Waals surface area contributed by atoms with Crippen molar-refractivity contribution in [2.75, 3.05) is 31.6 Å². The number of benzene rings is 1. The van der Waals surface area contributed by atoms with Gasteiger partial charge in [0.05, 0.1) is 18.8 Å². The van der Waals surface area contributed by atoms with E-state index in [1.807, 2.05) is 12.1 Å². The number of hydrogen-bond acceptors (Lipinski definition) is 7. The van der Waals surface area contributed by atoms with E-state index in [1.54, 1.807) is 12.1 Å². The number of unbranched alkanes of at least 4 members (excludes halogenated alkanes) is 1. The maximum atomic E-state index is 9.60. The minimum atomic E-state index is -1.49. The van der Waals surface area contributed by atoms with Crippen LogP contribution in [0.4, 0.5) is 5.82 Å². The molecular formula is C26H38BN3O4. The van der Waals surface area contributed by atoms with Crippen LogP contribution in [0.2, 0.25) is 0 Å². The predicted octanol–water partition coefficient (Wildman–Crippen LogP) is 2.04. The van der Waals surface area contributed by atoms with Crippen molar-refractivity contribution >= 4 is 18.4 Å². The van der Waals surface area contributed by atoms with Gasteiger partial charge in [0.1, 0.15) is 5.82 Å². The average Bonchev–Trinajstić information content (AvgIpc) is 3.36. The summed E-state index contributed by atoms with van der Waals surface area (Å²) in [5.74, 6) is 0.990. The number of rotatable bonds is 11. The fourth-order valence-corrected chi connectivity index (χ4v) is 4.80. The molecule has 0 radical (unpaired) electrons. The van der Waals surface area contributed by atoms with Gasteiger partial charge in [0.2, 0.25) is 0 Å². The maximum Gasteiger partial charge on any atom is 0.488 e. The second kappa shape index (κ2) is 11.6. The summed E-state index contributed by atoms with van der Waals surface area (Å²) in [6, 6.07) is 11.6. The van der Waals surface area contributed by atoms with E-state index in [0.717, 1.165) is 75.4 Å². The van der Waals surface area contributed by atoms with Crippen LogP contribution in [0.5, 0.6) is 0 Å². The van der Waals surface area contributed by atoms with Crippen LogP contribution < -0.4 is 16.1 Å². The van der Waals surface area contributed by atoms with E-state index in [-0.39, 0.29) is 11.5 Å². The molecule has 2 aliphatic rings. The first-order chi connectivity index (χ1) is 16.4. The molecule has 7 nitrogen and oxygen atoms in total. The lowest BCUT2D eigenvalue weighted by molar-refractivity contribution is -0.0267. The Morgan fingerprint density at radius 1 is 1.21 bits per heavy atom. The summed E-state index contributed by atoms with van der Waals surface area (Å²) in [6.07, 6.45) is 5.49. The monoisotopic (exact) mass is 467 g/mol. The number of nitrogens with one attached hydrogen (secondary N) is 2. The Morgan fingerprint density at radius 3 is 2.85 bits per heavy atom. The molecule has 8 heteroatoms. The first-order valence-electron chi connectivity index (χ1n) is 12.6. The third kappa shape index (κ3) is 6.37.